The van der Waals surface area contributed by atoms with Gasteiger partial charge in [-0.3, -0.25) is 0 Å². The molecule has 1 aromatic rings. The molecule has 0 radical (unpaired) electrons. The minimum atomic E-state index is 0.228. The fourth-order valence-corrected chi connectivity index (χ4v) is 1.76. The van der Waals surface area contributed by atoms with Gasteiger partial charge in [-0.15, -0.1) is 11.3 Å². The highest BCUT2D eigenvalue weighted by atomic mass is 32.1. The first kappa shape index (κ1) is 10.4. The van der Waals surface area contributed by atoms with Crippen LogP contribution in [0.15, 0.2) is 23.0 Å². The van der Waals surface area contributed by atoms with E-state index in [4.69, 9.17) is 0 Å². The number of rotatable bonds is 5. The van der Waals surface area contributed by atoms with Crippen molar-refractivity contribution >= 4 is 11.3 Å². The fraction of sp³-hybridized carbons (Fsp3) is 0.500. The van der Waals surface area contributed by atoms with Gasteiger partial charge in [-0.1, -0.05) is 19.1 Å². The normalized spacial score (nSPS) is 12.8. The summed E-state index contributed by atoms with van der Waals surface area (Å²) in [5.41, 5.74) is 4.07. The molecule has 1 N–H and O–H groups in total. The third kappa shape index (κ3) is 2.94. The molecule has 1 atom stereocenters. The Morgan fingerprint density at radius 3 is 3.00 bits per heavy atom. The molecule has 1 rings (SSSR count). The van der Waals surface area contributed by atoms with Crippen LogP contribution in [0.1, 0.15) is 32.0 Å². The van der Waals surface area contributed by atoms with Crippen molar-refractivity contribution in [1.29, 1.82) is 0 Å². The molecule has 0 aliphatic rings. The van der Waals surface area contributed by atoms with E-state index in [0.29, 0.717) is 0 Å². The van der Waals surface area contributed by atoms with Crippen LogP contribution in [0, 0.1) is 0 Å². The van der Waals surface area contributed by atoms with Gasteiger partial charge in [-0.25, -0.2) is 4.98 Å². The molecule has 0 aliphatic heterocycles. The van der Waals surface area contributed by atoms with Crippen molar-refractivity contribution in [2.24, 2.45) is 0 Å². The zero-order valence-electron chi connectivity index (χ0n) is 8.21. The Kier molecular flexibility index (Phi) is 4.12. The molecule has 72 valence electrons. The third-order valence-corrected chi connectivity index (χ3v) is 2.44. The molecule has 0 saturated heterocycles. The second kappa shape index (κ2) is 5.14. The summed E-state index contributed by atoms with van der Waals surface area (Å²) in [6.07, 6.45) is 1.13. The van der Waals surface area contributed by atoms with Crippen LogP contribution < -0.4 is 5.32 Å². The Balaban J connectivity index is 2.63. The van der Waals surface area contributed by atoms with Crippen molar-refractivity contribution in [3.8, 4) is 0 Å². The minimum absolute atomic E-state index is 0.228. The number of hydrogen-bond donors (Lipinski definition) is 1. The summed E-state index contributed by atoms with van der Waals surface area (Å²) < 4.78 is 0. The lowest BCUT2D eigenvalue weighted by Gasteiger charge is -2.15. The minimum Gasteiger partial charge on any atom is -0.305 e. The quantitative estimate of drug-likeness (QED) is 0.732. The molecule has 0 fully saturated rings. The first-order valence-corrected chi connectivity index (χ1v) is 5.46. The SMILES string of the molecule is C=C(C)C(NCCC)c1cscn1. The maximum absolute atomic E-state index is 4.29. The smallest absolute Gasteiger partial charge is 0.0795 e. The van der Waals surface area contributed by atoms with Gasteiger partial charge in [0.15, 0.2) is 0 Å². The van der Waals surface area contributed by atoms with Crippen molar-refractivity contribution in [1.82, 2.24) is 10.3 Å². The van der Waals surface area contributed by atoms with Gasteiger partial charge in [-0.2, -0.15) is 0 Å². The van der Waals surface area contributed by atoms with Gasteiger partial charge < -0.3 is 5.32 Å². The largest absolute Gasteiger partial charge is 0.305 e. The molecule has 1 aromatic heterocycles. The lowest BCUT2D eigenvalue weighted by atomic mass is 10.1. The Hall–Kier alpha value is -0.670. The molecule has 0 bridgehead atoms. The standard InChI is InChI=1S/C10H16N2S/c1-4-5-11-10(8(2)3)9-6-13-7-12-9/h6-7,10-11H,2,4-5H2,1,3H3. The number of hydrogen-bond acceptors (Lipinski definition) is 3. The molecule has 1 heterocycles. The van der Waals surface area contributed by atoms with E-state index in [1.807, 2.05) is 12.4 Å². The van der Waals surface area contributed by atoms with Crippen LogP contribution in [-0.2, 0) is 0 Å². The summed E-state index contributed by atoms with van der Waals surface area (Å²) in [7, 11) is 0. The molecule has 3 heteroatoms. The van der Waals surface area contributed by atoms with Crippen molar-refractivity contribution in [2.45, 2.75) is 26.3 Å². The molecule has 0 amide bonds. The van der Waals surface area contributed by atoms with E-state index in [-0.39, 0.29) is 6.04 Å². The van der Waals surface area contributed by atoms with Gasteiger partial charge in [0.1, 0.15) is 0 Å². The first-order chi connectivity index (χ1) is 6.25. The molecular weight excluding hydrogens is 180 g/mol. The average molecular weight is 196 g/mol. The number of thiazole rings is 1. The molecule has 1 unspecified atom stereocenters. The van der Waals surface area contributed by atoms with Gasteiger partial charge >= 0.3 is 0 Å². The Labute approximate surface area is 83.7 Å². The van der Waals surface area contributed by atoms with Crippen LogP contribution in [0.3, 0.4) is 0 Å². The van der Waals surface area contributed by atoms with Crippen LogP contribution in [0.5, 0.6) is 0 Å². The number of aromatic nitrogens is 1. The predicted octanol–water partition coefficient (Wildman–Crippen LogP) is 2.76. The van der Waals surface area contributed by atoms with Crippen LogP contribution in [0.2, 0.25) is 0 Å². The second-order valence-electron chi connectivity index (χ2n) is 3.15. The highest BCUT2D eigenvalue weighted by Gasteiger charge is 2.12. The first-order valence-electron chi connectivity index (χ1n) is 4.52. The zero-order valence-corrected chi connectivity index (χ0v) is 9.03. The van der Waals surface area contributed by atoms with E-state index in [1.54, 1.807) is 11.3 Å². The van der Waals surface area contributed by atoms with Gasteiger partial charge in [0.25, 0.3) is 0 Å². The summed E-state index contributed by atoms with van der Waals surface area (Å²) in [5.74, 6) is 0. The van der Waals surface area contributed by atoms with Crippen molar-refractivity contribution in [3.05, 3.63) is 28.7 Å². The van der Waals surface area contributed by atoms with Gasteiger partial charge in [0, 0.05) is 5.38 Å². The summed E-state index contributed by atoms with van der Waals surface area (Å²) in [6, 6.07) is 0.228. The predicted molar refractivity (Wildman–Crippen MR) is 58.0 cm³/mol. The Morgan fingerprint density at radius 1 is 1.77 bits per heavy atom. The van der Waals surface area contributed by atoms with Gasteiger partial charge in [0.2, 0.25) is 0 Å². The van der Waals surface area contributed by atoms with E-state index < -0.39 is 0 Å². The maximum atomic E-state index is 4.29. The van der Waals surface area contributed by atoms with E-state index >= 15 is 0 Å². The highest BCUT2D eigenvalue weighted by molar-refractivity contribution is 7.07. The monoisotopic (exact) mass is 196 g/mol. The number of nitrogens with one attached hydrogen (secondary N) is 1. The second-order valence-corrected chi connectivity index (χ2v) is 3.87. The highest BCUT2D eigenvalue weighted by Crippen LogP contribution is 2.19. The number of nitrogens with zero attached hydrogens (tertiary/aromatic N) is 1. The maximum Gasteiger partial charge on any atom is 0.0795 e. The van der Waals surface area contributed by atoms with E-state index in [9.17, 15) is 0 Å². The van der Waals surface area contributed by atoms with Gasteiger partial charge in [-0.05, 0) is 19.9 Å². The molecule has 0 spiro atoms. The zero-order chi connectivity index (χ0) is 9.68. The summed E-state index contributed by atoms with van der Waals surface area (Å²) >= 11 is 1.63. The topological polar surface area (TPSA) is 24.9 Å². The average Bonchev–Trinajstić information content (AvgIpc) is 2.57. The van der Waals surface area contributed by atoms with E-state index in [0.717, 1.165) is 24.2 Å². The molecular formula is C10H16N2S. The third-order valence-electron chi connectivity index (χ3n) is 1.84. The molecule has 0 aromatic carbocycles. The Morgan fingerprint density at radius 2 is 2.54 bits per heavy atom. The lowest BCUT2D eigenvalue weighted by molar-refractivity contribution is 0.581. The van der Waals surface area contributed by atoms with E-state index in [2.05, 4.69) is 29.2 Å². The summed E-state index contributed by atoms with van der Waals surface area (Å²) in [4.78, 5) is 4.29. The van der Waals surface area contributed by atoms with E-state index in [1.165, 1.54) is 0 Å². The molecule has 13 heavy (non-hydrogen) atoms. The lowest BCUT2D eigenvalue weighted by Crippen LogP contribution is -2.22. The Bertz CT molecular complexity index is 254. The van der Waals surface area contributed by atoms with Gasteiger partial charge in [0.05, 0.1) is 17.2 Å². The van der Waals surface area contributed by atoms with Crippen LogP contribution in [-0.4, -0.2) is 11.5 Å². The van der Waals surface area contributed by atoms with Crippen LogP contribution in [0.4, 0.5) is 0 Å². The van der Waals surface area contributed by atoms with Crippen molar-refractivity contribution < 1.29 is 0 Å². The van der Waals surface area contributed by atoms with Crippen LogP contribution in [0.25, 0.3) is 0 Å². The summed E-state index contributed by atoms with van der Waals surface area (Å²) in [6.45, 7) is 9.17. The van der Waals surface area contributed by atoms with Crippen molar-refractivity contribution in [3.63, 3.8) is 0 Å². The van der Waals surface area contributed by atoms with Crippen molar-refractivity contribution in [2.75, 3.05) is 6.54 Å². The summed E-state index contributed by atoms with van der Waals surface area (Å²) in [5, 5.41) is 5.49. The molecule has 2 nitrogen and oxygen atoms in total. The molecule has 0 aliphatic carbocycles. The fourth-order valence-electron chi connectivity index (χ4n) is 1.18. The van der Waals surface area contributed by atoms with Crippen LogP contribution >= 0.6 is 11.3 Å². The molecule has 0 saturated carbocycles.